The highest BCUT2D eigenvalue weighted by Gasteiger charge is 2.26. The molecule has 1 rings (SSSR count). The minimum absolute atomic E-state index is 0.0289. The van der Waals surface area contributed by atoms with Gasteiger partial charge in [-0.15, -0.1) is 0 Å². The molecule has 0 aromatic heterocycles. The molecule has 1 aliphatic rings. The summed E-state index contributed by atoms with van der Waals surface area (Å²) < 4.78 is 12.1. The first kappa shape index (κ1) is 20.4. The van der Waals surface area contributed by atoms with Crippen LogP contribution in [-0.2, 0) is 10.8 Å². The molecule has 0 aromatic carbocycles. The maximum absolute atomic E-state index is 12.1. The summed E-state index contributed by atoms with van der Waals surface area (Å²) in [5.74, 6) is 1.65. The van der Waals surface area contributed by atoms with Crippen molar-refractivity contribution in [3.05, 3.63) is 0 Å². The maximum atomic E-state index is 12.1. The summed E-state index contributed by atoms with van der Waals surface area (Å²) in [6, 6.07) is 0.379. The lowest BCUT2D eigenvalue weighted by Crippen LogP contribution is -2.48. The molecule has 136 valence electrons. The Morgan fingerprint density at radius 3 is 2.57 bits per heavy atom. The monoisotopic (exact) mass is 344 g/mol. The highest BCUT2D eigenvalue weighted by atomic mass is 32.2. The van der Waals surface area contributed by atoms with Crippen molar-refractivity contribution in [3.8, 4) is 0 Å². The number of hydrogen-bond acceptors (Lipinski definition) is 3. The van der Waals surface area contributed by atoms with Gasteiger partial charge in [0.15, 0.2) is 5.96 Å². The maximum Gasteiger partial charge on any atom is 0.191 e. The Hall–Kier alpha value is -0.620. The highest BCUT2D eigenvalue weighted by Crippen LogP contribution is 2.23. The van der Waals surface area contributed by atoms with E-state index in [-0.39, 0.29) is 5.54 Å². The molecule has 6 heteroatoms. The van der Waals surface area contributed by atoms with Crippen molar-refractivity contribution in [1.29, 1.82) is 0 Å². The van der Waals surface area contributed by atoms with Crippen molar-refractivity contribution in [2.24, 2.45) is 4.99 Å². The van der Waals surface area contributed by atoms with Crippen molar-refractivity contribution in [2.75, 3.05) is 32.9 Å². The van der Waals surface area contributed by atoms with Crippen LogP contribution >= 0.6 is 0 Å². The second kappa shape index (κ2) is 9.62. The van der Waals surface area contributed by atoms with Gasteiger partial charge in [-0.25, -0.2) is 0 Å². The van der Waals surface area contributed by atoms with Gasteiger partial charge in [0, 0.05) is 39.9 Å². The number of guanidine groups is 1. The third kappa shape index (κ3) is 6.79. The smallest absolute Gasteiger partial charge is 0.191 e. The Morgan fingerprint density at radius 2 is 2.00 bits per heavy atom. The molecule has 2 N–H and O–H groups in total. The third-order valence-electron chi connectivity index (χ3n) is 4.80. The van der Waals surface area contributed by atoms with Crippen molar-refractivity contribution in [2.45, 2.75) is 70.2 Å². The molecular weight excluding hydrogens is 308 g/mol. The van der Waals surface area contributed by atoms with Gasteiger partial charge >= 0.3 is 0 Å². The normalized spacial score (nSPS) is 24.6. The van der Waals surface area contributed by atoms with Gasteiger partial charge in [-0.1, -0.05) is 13.3 Å². The van der Waals surface area contributed by atoms with Crippen molar-refractivity contribution in [1.82, 2.24) is 15.5 Å². The molecule has 0 aliphatic heterocycles. The van der Waals surface area contributed by atoms with E-state index in [0.717, 1.165) is 50.5 Å². The Labute approximate surface area is 145 Å². The SMILES string of the molecule is CCNC(=NCC(C)(C)N(C)C)NC1CCCC(S(=O)CC)C1. The van der Waals surface area contributed by atoms with E-state index >= 15 is 0 Å². The van der Waals surface area contributed by atoms with Crippen LogP contribution in [0, 0.1) is 0 Å². The van der Waals surface area contributed by atoms with E-state index in [4.69, 9.17) is 4.99 Å². The summed E-state index contributed by atoms with van der Waals surface area (Å²) in [6.45, 7) is 10.1. The molecule has 1 saturated carbocycles. The van der Waals surface area contributed by atoms with Crippen molar-refractivity contribution < 1.29 is 4.21 Å². The zero-order chi connectivity index (χ0) is 17.5. The Bertz CT molecular complexity index is 409. The van der Waals surface area contributed by atoms with Crippen LogP contribution in [0.3, 0.4) is 0 Å². The summed E-state index contributed by atoms with van der Waals surface area (Å²) in [5, 5.41) is 7.25. The van der Waals surface area contributed by atoms with Gasteiger partial charge in [0.25, 0.3) is 0 Å². The van der Waals surface area contributed by atoms with E-state index in [2.05, 4.69) is 50.4 Å². The van der Waals surface area contributed by atoms with E-state index in [1.807, 2.05) is 6.92 Å². The van der Waals surface area contributed by atoms with E-state index < -0.39 is 10.8 Å². The van der Waals surface area contributed by atoms with Gasteiger partial charge in [0.1, 0.15) is 0 Å². The standard InChI is InChI=1S/C17H36N4OS/c1-7-18-16(19-13-17(3,4)21(5)6)20-14-10-9-11-15(12-14)23(22)8-2/h14-15H,7-13H2,1-6H3,(H2,18,19,20). The molecule has 0 bridgehead atoms. The molecule has 0 saturated heterocycles. The van der Waals surface area contributed by atoms with Crippen LogP contribution in [0.4, 0.5) is 0 Å². The van der Waals surface area contributed by atoms with Crippen LogP contribution in [0.15, 0.2) is 4.99 Å². The van der Waals surface area contributed by atoms with Gasteiger partial charge in [-0.05, 0) is 54.1 Å². The molecular formula is C17H36N4OS. The predicted molar refractivity (Wildman–Crippen MR) is 102 cm³/mol. The quantitative estimate of drug-likeness (QED) is 0.548. The molecule has 0 spiro atoms. The largest absolute Gasteiger partial charge is 0.357 e. The van der Waals surface area contributed by atoms with Crippen molar-refractivity contribution in [3.63, 3.8) is 0 Å². The molecule has 0 amide bonds. The molecule has 3 unspecified atom stereocenters. The van der Waals surface area contributed by atoms with Gasteiger partial charge in [0.05, 0.1) is 6.54 Å². The molecule has 0 radical (unpaired) electrons. The van der Waals surface area contributed by atoms with E-state index in [9.17, 15) is 4.21 Å². The molecule has 3 atom stereocenters. The number of aliphatic imine (C=N–C) groups is 1. The van der Waals surface area contributed by atoms with Gasteiger partial charge in [0.2, 0.25) is 0 Å². The summed E-state index contributed by atoms with van der Waals surface area (Å²) in [7, 11) is 3.49. The molecule has 0 heterocycles. The van der Waals surface area contributed by atoms with Crippen LogP contribution in [0.5, 0.6) is 0 Å². The van der Waals surface area contributed by atoms with E-state index in [0.29, 0.717) is 11.3 Å². The van der Waals surface area contributed by atoms with E-state index in [1.165, 1.54) is 0 Å². The van der Waals surface area contributed by atoms with Gasteiger partial charge < -0.3 is 15.5 Å². The van der Waals surface area contributed by atoms with Crippen LogP contribution in [-0.4, -0.2) is 64.8 Å². The Kier molecular flexibility index (Phi) is 8.54. The Balaban J connectivity index is 2.66. The highest BCUT2D eigenvalue weighted by molar-refractivity contribution is 7.85. The van der Waals surface area contributed by atoms with Crippen LogP contribution in [0.2, 0.25) is 0 Å². The van der Waals surface area contributed by atoms with E-state index in [1.54, 1.807) is 0 Å². The topological polar surface area (TPSA) is 56.7 Å². The summed E-state index contributed by atoms with van der Waals surface area (Å²) in [5.41, 5.74) is 0.0289. The summed E-state index contributed by atoms with van der Waals surface area (Å²) in [6.07, 6.45) is 4.37. The second-order valence-electron chi connectivity index (χ2n) is 7.20. The lowest BCUT2D eigenvalue weighted by molar-refractivity contribution is 0.204. The predicted octanol–water partition coefficient (Wildman–Crippen LogP) is 1.96. The summed E-state index contributed by atoms with van der Waals surface area (Å²) >= 11 is 0. The molecule has 1 fully saturated rings. The average molecular weight is 345 g/mol. The minimum Gasteiger partial charge on any atom is -0.357 e. The minimum atomic E-state index is -0.684. The van der Waals surface area contributed by atoms with Crippen LogP contribution < -0.4 is 10.6 Å². The fraction of sp³-hybridized carbons (Fsp3) is 0.941. The van der Waals surface area contributed by atoms with Crippen molar-refractivity contribution >= 4 is 16.8 Å². The molecule has 1 aliphatic carbocycles. The van der Waals surface area contributed by atoms with Crippen LogP contribution in [0.25, 0.3) is 0 Å². The van der Waals surface area contributed by atoms with Gasteiger partial charge in [-0.3, -0.25) is 9.20 Å². The first-order chi connectivity index (χ1) is 10.8. The molecule has 0 aromatic rings. The molecule has 5 nitrogen and oxygen atoms in total. The lowest BCUT2D eigenvalue weighted by Gasteiger charge is -2.32. The fourth-order valence-corrected chi connectivity index (χ4v) is 4.03. The number of hydrogen-bond donors (Lipinski definition) is 2. The second-order valence-corrected chi connectivity index (χ2v) is 9.21. The molecule has 23 heavy (non-hydrogen) atoms. The lowest BCUT2D eigenvalue weighted by atomic mass is 9.95. The zero-order valence-corrected chi connectivity index (χ0v) is 16.6. The average Bonchev–Trinajstić information content (AvgIpc) is 2.52. The van der Waals surface area contributed by atoms with Crippen LogP contribution in [0.1, 0.15) is 53.4 Å². The zero-order valence-electron chi connectivity index (χ0n) is 15.8. The van der Waals surface area contributed by atoms with Gasteiger partial charge in [-0.2, -0.15) is 0 Å². The summed E-state index contributed by atoms with van der Waals surface area (Å²) in [4.78, 5) is 6.96. The fourth-order valence-electron chi connectivity index (χ4n) is 2.68. The Morgan fingerprint density at radius 1 is 1.30 bits per heavy atom. The number of nitrogens with one attached hydrogen (secondary N) is 2. The first-order valence-corrected chi connectivity index (χ1v) is 10.3. The third-order valence-corrected chi connectivity index (χ3v) is 6.54. The number of nitrogens with zero attached hydrogens (tertiary/aromatic N) is 2. The number of likely N-dealkylation sites (N-methyl/N-ethyl adjacent to an activating group) is 1. The first-order valence-electron chi connectivity index (χ1n) is 8.89. The number of rotatable bonds is 7.